The van der Waals surface area contributed by atoms with Crippen molar-refractivity contribution in [2.45, 2.75) is 27.7 Å². The Morgan fingerprint density at radius 2 is 0.587 bits per heavy atom. The lowest BCUT2D eigenvalue weighted by atomic mass is 10.1. The minimum Gasteiger partial charge on any atom is -0.275 e. The van der Waals surface area contributed by atoms with E-state index in [1.165, 1.54) is 22.3 Å². The molecule has 8 rings (SSSR count). The molecule has 0 unspecified atom stereocenters. The van der Waals surface area contributed by atoms with Crippen molar-refractivity contribution in [2.75, 3.05) is 19.6 Å². The highest BCUT2D eigenvalue weighted by molar-refractivity contribution is 5.99. The zero-order valence-corrected chi connectivity index (χ0v) is 26.1. The Bertz CT molecular complexity index is 1800. The summed E-state index contributed by atoms with van der Waals surface area (Å²) in [7, 11) is 0. The second-order valence-electron chi connectivity index (χ2n) is 11.6. The molecule has 0 spiro atoms. The fourth-order valence-corrected chi connectivity index (χ4v) is 6.22. The molecular formula is C38H32N8. The van der Waals surface area contributed by atoms with Crippen LogP contribution in [0, 0.1) is 27.7 Å². The third-order valence-corrected chi connectivity index (χ3v) is 8.71. The number of aryl methyl sites for hydroxylation is 4. The Morgan fingerprint density at radius 1 is 0.348 bits per heavy atom. The molecule has 46 heavy (non-hydrogen) atoms. The molecule has 0 fully saturated rings. The van der Waals surface area contributed by atoms with Gasteiger partial charge in [0.1, 0.15) is 23.3 Å². The Labute approximate surface area is 268 Å². The first-order chi connectivity index (χ1) is 22.5. The zero-order valence-electron chi connectivity index (χ0n) is 26.1. The number of benzene rings is 2. The van der Waals surface area contributed by atoms with E-state index in [1.54, 1.807) is 0 Å². The standard InChI is InChI=1S/C38H32N8/c1-25-21-29-30(22-26(25)2)44(34-14-6-10-18-40-34)37(43(29)33-13-5-9-17-39-33)38-45(35-15-7-11-19-41-35)31-23-27(3)28(4)24-32(31)46(38)36-16-8-12-20-42-36/h5-24H,1-4H3. The van der Waals surface area contributed by atoms with Gasteiger partial charge >= 0.3 is 0 Å². The van der Waals surface area contributed by atoms with Crippen LogP contribution in [0.15, 0.2) is 133 Å². The van der Waals surface area contributed by atoms with Gasteiger partial charge in [-0.2, -0.15) is 0 Å². The van der Waals surface area contributed by atoms with Gasteiger partial charge in [0.15, 0.2) is 11.6 Å². The second-order valence-corrected chi connectivity index (χ2v) is 11.6. The van der Waals surface area contributed by atoms with Crippen LogP contribution in [0.5, 0.6) is 0 Å². The Morgan fingerprint density at radius 3 is 0.783 bits per heavy atom. The summed E-state index contributed by atoms with van der Waals surface area (Å²) in [4.78, 5) is 28.6. The van der Waals surface area contributed by atoms with Crippen LogP contribution in [0.2, 0.25) is 0 Å². The zero-order chi connectivity index (χ0) is 31.4. The van der Waals surface area contributed by atoms with Crippen molar-refractivity contribution in [3.05, 3.63) is 156 Å². The predicted octanol–water partition coefficient (Wildman–Crippen LogP) is 8.91. The molecular weight excluding hydrogens is 568 g/mol. The minimum atomic E-state index is 0.790. The van der Waals surface area contributed by atoms with E-state index in [0.717, 1.165) is 57.7 Å². The lowest BCUT2D eigenvalue weighted by Gasteiger charge is -2.32. The van der Waals surface area contributed by atoms with Crippen LogP contribution >= 0.6 is 0 Å². The molecule has 2 aliphatic heterocycles. The lowest BCUT2D eigenvalue weighted by Crippen LogP contribution is -2.34. The number of nitrogens with zero attached hydrogens (tertiary/aromatic N) is 8. The third kappa shape index (κ3) is 4.29. The van der Waals surface area contributed by atoms with Crippen LogP contribution in [0.4, 0.5) is 46.0 Å². The van der Waals surface area contributed by atoms with E-state index >= 15 is 0 Å². The van der Waals surface area contributed by atoms with E-state index in [-0.39, 0.29) is 0 Å². The summed E-state index contributed by atoms with van der Waals surface area (Å²) in [6, 6.07) is 33.1. The van der Waals surface area contributed by atoms with Gasteiger partial charge in [0.2, 0.25) is 0 Å². The molecule has 0 amide bonds. The highest BCUT2D eigenvalue weighted by Gasteiger charge is 2.46. The van der Waals surface area contributed by atoms with Crippen LogP contribution in [-0.2, 0) is 0 Å². The summed E-state index contributed by atoms with van der Waals surface area (Å²) < 4.78 is 0. The van der Waals surface area contributed by atoms with Crippen LogP contribution in [0.1, 0.15) is 22.3 Å². The van der Waals surface area contributed by atoms with Crippen molar-refractivity contribution in [2.24, 2.45) is 0 Å². The van der Waals surface area contributed by atoms with Crippen molar-refractivity contribution in [1.82, 2.24) is 19.9 Å². The largest absolute Gasteiger partial charge is 0.275 e. The summed E-state index contributed by atoms with van der Waals surface area (Å²) in [6.07, 6.45) is 7.35. The topological polar surface area (TPSA) is 64.5 Å². The maximum absolute atomic E-state index is 4.91. The van der Waals surface area contributed by atoms with Gasteiger partial charge < -0.3 is 0 Å². The van der Waals surface area contributed by atoms with Gasteiger partial charge in [-0.15, -0.1) is 0 Å². The average molecular weight is 601 g/mol. The minimum absolute atomic E-state index is 0.790. The average Bonchev–Trinajstić information content (AvgIpc) is 3.58. The molecule has 224 valence electrons. The number of anilines is 8. The maximum Gasteiger partial charge on any atom is 0.168 e. The van der Waals surface area contributed by atoms with Crippen molar-refractivity contribution in [3.63, 3.8) is 0 Å². The summed E-state index contributed by atoms with van der Waals surface area (Å²) >= 11 is 0. The molecule has 0 aliphatic carbocycles. The maximum atomic E-state index is 4.91. The number of hydrogen-bond donors (Lipinski definition) is 0. The van der Waals surface area contributed by atoms with E-state index in [1.807, 2.05) is 97.6 Å². The monoisotopic (exact) mass is 600 g/mol. The first-order valence-corrected chi connectivity index (χ1v) is 15.3. The van der Waals surface area contributed by atoms with Crippen molar-refractivity contribution in [3.8, 4) is 0 Å². The van der Waals surface area contributed by atoms with E-state index in [9.17, 15) is 0 Å². The summed E-state index contributed by atoms with van der Waals surface area (Å²) in [5.41, 5.74) is 8.82. The number of rotatable bonds is 4. The summed E-state index contributed by atoms with van der Waals surface area (Å²) in [5.74, 6) is 4.88. The molecule has 6 aromatic rings. The first-order valence-electron chi connectivity index (χ1n) is 15.3. The van der Waals surface area contributed by atoms with Gasteiger partial charge in [-0.25, -0.2) is 19.9 Å². The van der Waals surface area contributed by atoms with Gasteiger partial charge in [0.25, 0.3) is 0 Å². The van der Waals surface area contributed by atoms with Gasteiger partial charge in [0, 0.05) is 24.8 Å². The molecule has 2 aromatic carbocycles. The third-order valence-electron chi connectivity index (χ3n) is 8.71. The van der Waals surface area contributed by atoms with Crippen LogP contribution in [-0.4, -0.2) is 19.9 Å². The lowest BCUT2D eigenvalue weighted by molar-refractivity contribution is 0.964. The van der Waals surface area contributed by atoms with Crippen molar-refractivity contribution < 1.29 is 0 Å². The molecule has 0 N–H and O–H groups in total. The van der Waals surface area contributed by atoms with Crippen molar-refractivity contribution >= 4 is 46.0 Å². The molecule has 0 bridgehead atoms. The highest BCUT2D eigenvalue weighted by atomic mass is 15.5. The molecule has 8 heteroatoms. The van der Waals surface area contributed by atoms with Gasteiger partial charge in [-0.05, 0) is 123 Å². The summed E-state index contributed by atoms with van der Waals surface area (Å²) in [6.45, 7) is 8.61. The molecule has 0 saturated heterocycles. The van der Waals surface area contributed by atoms with E-state index in [0.29, 0.717) is 0 Å². The van der Waals surface area contributed by atoms with Gasteiger partial charge in [-0.3, -0.25) is 19.6 Å². The number of aromatic nitrogens is 4. The second kappa shape index (κ2) is 10.9. The van der Waals surface area contributed by atoms with Crippen LogP contribution < -0.4 is 19.6 Å². The Balaban J connectivity index is 1.56. The molecule has 2 aliphatic rings. The molecule has 0 saturated carbocycles. The summed E-state index contributed by atoms with van der Waals surface area (Å²) in [5, 5.41) is 0. The first kappa shape index (κ1) is 27.5. The fourth-order valence-electron chi connectivity index (χ4n) is 6.22. The molecule has 0 atom stereocenters. The quantitative estimate of drug-likeness (QED) is 0.199. The molecule has 6 heterocycles. The molecule has 8 nitrogen and oxygen atoms in total. The van der Waals surface area contributed by atoms with Crippen molar-refractivity contribution in [1.29, 1.82) is 0 Å². The Hall–Kier alpha value is -6.02. The van der Waals surface area contributed by atoms with E-state index < -0.39 is 0 Å². The van der Waals surface area contributed by atoms with Crippen LogP contribution in [0.3, 0.4) is 0 Å². The van der Waals surface area contributed by atoms with E-state index in [2.05, 4.69) is 71.6 Å². The number of pyridine rings is 4. The highest BCUT2D eigenvalue weighted by Crippen LogP contribution is 2.56. The van der Waals surface area contributed by atoms with Crippen LogP contribution in [0.25, 0.3) is 0 Å². The smallest absolute Gasteiger partial charge is 0.168 e. The van der Waals surface area contributed by atoms with Gasteiger partial charge in [0.05, 0.1) is 22.7 Å². The number of fused-ring (bicyclic) bond motifs is 2. The predicted molar refractivity (Wildman–Crippen MR) is 184 cm³/mol. The Kier molecular flexibility index (Phi) is 6.49. The molecule has 4 aromatic heterocycles. The fraction of sp³-hybridized carbons (Fsp3) is 0.105. The van der Waals surface area contributed by atoms with E-state index in [4.69, 9.17) is 19.9 Å². The number of hydrogen-bond acceptors (Lipinski definition) is 8. The SMILES string of the molecule is Cc1cc2c(cc1C)N(c1ccccn1)C(=C1N(c3ccccn3)c3cc(C)c(C)cc3N1c1ccccn1)N2c1ccccn1. The molecule has 0 radical (unpaired) electrons. The normalized spacial score (nSPS) is 13.8. The van der Waals surface area contributed by atoms with Gasteiger partial charge in [-0.1, -0.05) is 24.3 Å².